The highest BCUT2D eigenvalue weighted by atomic mass is 16.1. The maximum atomic E-state index is 12.0. The minimum absolute atomic E-state index is 0.107. The summed E-state index contributed by atoms with van der Waals surface area (Å²) in [4.78, 5) is 23.6. The van der Waals surface area contributed by atoms with Gasteiger partial charge in [-0.3, -0.25) is 4.57 Å². The zero-order valence-corrected chi connectivity index (χ0v) is 13.5. The predicted octanol–water partition coefficient (Wildman–Crippen LogP) is 3.34. The number of nitrogens with one attached hydrogen (secondary N) is 2. The molecule has 0 amide bonds. The monoisotopic (exact) mass is 319 g/mol. The normalized spacial score (nSPS) is 11.2. The standard InChI is InChI=1S/C18H17N5O/c1-3-23-16-9-14-13(8-15(16)22-18(23)24)17(20-10-19-14)21-12-6-4-5-11(2)7-12/h4-10H,3H2,1-2H3,(H,22,24)(H,19,20,21). The van der Waals surface area contributed by atoms with Crippen LogP contribution in [0, 0.1) is 6.92 Å². The van der Waals surface area contributed by atoms with Crippen LogP contribution in [0.5, 0.6) is 0 Å². The van der Waals surface area contributed by atoms with E-state index in [0.717, 1.165) is 33.4 Å². The smallest absolute Gasteiger partial charge is 0.326 e. The van der Waals surface area contributed by atoms with Crippen LogP contribution in [0.4, 0.5) is 11.5 Å². The Morgan fingerprint density at radius 1 is 1.21 bits per heavy atom. The maximum Gasteiger partial charge on any atom is 0.326 e. The molecule has 0 aliphatic carbocycles. The van der Waals surface area contributed by atoms with Crippen molar-refractivity contribution in [3.8, 4) is 0 Å². The Morgan fingerprint density at radius 2 is 2.08 bits per heavy atom. The summed E-state index contributed by atoms with van der Waals surface area (Å²) in [6.45, 7) is 4.61. The van der Waals surface area contributed by atoms with Gasteiger partial charge in [-0.15, -0.1) is 0 Å². The highest BCUT2D eigenvalue weighted by Crippen LogP contribution is 2.26. The van der Waals surface area contributed by atoms with Crippen LogP contribution in [0.25, 0.3) is 21.9 Å². The van der Waals surface area contributed by atoms with Gasteiger partial charge in [0.15, 0.2) is 0 Å². The lowest BCUT2D eigenvalue weighted by molar-refractivity contribution is 0.753. The number of aryl methyl sites for hydroxylation is 2. The zero-order chi connectivity index (χ0) is 16.7. The Kier molecular flexibility index (Phi) is 3.30. The fraction of sp³-hybridized carbons (Fsp3) is 0.167. The second-order valence-corrected chi connectivity index (χ2v) is 5.78. The number of aromatic nitrogens is 4. The third kappa shape index (κ3) is 2.32. The summed E-state index contributed by atoms with van der Waals surface area (Å²) in [5.74, 6) is 0.720. The van der Waals surface area contributed by atoms with Gasteiger partial charge >= 0.3 is 5.69 Å². The number of H-pyrrole nitrogens is 1. The van der Waals surface area contributed by atoms with Crippen LogP contribution in [-0.4, -0.2) is 19.5 Å². The molecule has 4 aromatic rings. The largest absolute Gasteiger partial charge is 0.340 e. The van der Waals surface area contributed by atoms with Gasteiger partial charge in [0.05, 0.1) is 16.6 Å². The maximum absolute atomic E-state index is 12.0. The first kappa shape index (κ1) is 14.4. The van der Waals surface area contributed by atoms with Gasteiger partial charge in [-0.1, -0.05) is 12.1 Å². The second kappa shape index (κ2) is 5.49. The van der Waals surface area contributed by atoms with Crippen LogP contribution in [-0.2, 0) is 6.54 Å². The minimum atomic E-state index is -0.107. The SMILES string of the molecule is CCn1c(=O)[nH]c2cc3c(Nc4cccc(C)c4)ncnc3cc21. The molecule has 0 radical (unpaired) electrons. The van der Waals surface area contributed by atoms with E-state index in [0.29, 0.717) is 6.54 Å². The van der Waals surface area contributed by atoms with Crippen molar-refractivity contribution in [3.63, 3.8) is 0 Å². The molecule has 0 aliphatic rings. The van der Waals surface area contributed by atoms with E-state index in [1.807, 2.05) is 44.2 Å². The topological polar surface area (TPSA) is 75.6 Å². The molecular weight excluding hydrogens is 302 g/mol. The number of benzene rings is 2. The first-order valence-electron chi connectivity index (χ1n) is 7.86. The van der Waals surface area contributed by atoms with Gasteiger partial charge < -0.3 is 10.3 Å². The fourth-order valence-corrected chi connectivity index (χ4v) is 2.98. The average Bonchev–Trinajstić information content (AvgIpc) is 2.87. The van der Waals surface area contributed by atoms with Crippen molar-refractivity contribution >= 4 is 33.4 Å². The summed E-state index contributed by atoms with van der Waals surface area (Å²) >= 11 is 0. The number of aromatic amines is 1. The number of anilines is 2. The molecule has 0 spiro atoms. The minimum Gasteiger partial charge on any atom is -0.340 e. The number of nitrogens with zero attached hydrogens (tertiary/aromatic N) is 3. The lowest BCUT2D eigenvalue weighted by atomic mass is 10.2. The molecular formula is C18H17N5O. The number of hydrogen-bond donors (Lipinski definition) is 2. The van der Waals surface area contributed by atoms with E-state index in [1.54, 1.807) is 4.57 Å². The Bertz CT molecular complexity index is 1110. The van der Waals surface area contributed by atoms with Gasteiger partial charge in [0.2, 0.25) is 0 Å². The first-order valence-corrected chi connectivity index (χ1v) is 7.86. The Balaban J connectivity index is 1.90. The quantitative estimate of drug-likeness (QED) is 0.607. The summed E-state index contributed by atoms with van der Waals surface area (Å²) in [6.07, 6.45) is 1.54. The molecule has 24 heavy (non-hydrogen) atoms. The molecule has 0 saturated heterocycles. The summed E-state index contributed by atoms with van der Waals surface area (Å²) in [7, 11) is 0. The molecule has 2 aromatic carbocycles. The van der Waals surface area contributed by atoms with Gasteiger partial charge in [0.1, 0.15) is 12.1 Å². The van der Waals surface area contributed by atoms with E-state index in [1.165, 1.54) is 11.9 Å². The van der Waals surface area contributed by atoms with E-state index < -0.39 is 0 Å². The van der Waals surface area contributed by atoms with Gasteiger partial charge in [0.25, 0.3) is 0 Å². The van der Waals surface area contributed by atoms with E-state index in [4.69, 9.17) is 0 Å². The van der Waals surface area contributed by atoms with Crippen LogP contribution in [0.2, 0.25) is 0 Å². The Morgan fingerprint density at radius 3 is 2.88 bits per heavy atom. The van der Waals surface area contributed by atoms with E-state index in [9.17, 15) is 4.79 Å². The molecule has 6 nitrogen and oxygen atoms in total. The lowest BCUT2D eigenvalue weighted by Crippen LogP contribution is -2.14. The highest BCUT2D eigenvalue weighted by molar-refractivity contribution is 5.99. The van der Waals surface area contributed by atoms with Crippen molar-refractivity contribution in [3.05, 3.63) is 58.8 Å². The number of rotatable bonds is 3. The molecule has 0 aliphatic heterocycles. The highest BCUT2D eigenvalue weighted by Gasteiger charge is 2.10. The van der Waals surface area contributed by atoms with Crippen LogP contribution < -0.4 is 11.0 Å². The number of imidazole rings is 1. The molecule has 0 bridgehead atoms. The van der Waals surface area contributed by atoms with Gasteiger partial charge in [-0.2, -0.15) is 0 Å². The van der Waals surface area contributed by atoms with Crippen LogP contribution in [0.1, 0.15) is 12.5 Å². The molecule has 0 unspecified atom stereocenters. The molecule has 4 rings (SSSR count). The van der Waals surface area contributed by atoms with E-state index in [-0.39, 0.29) is 5.69 Å². The summed E-state index contributed by atoms with van der Waals surface area (Å²) < 4.78 is 1.70. The van der Waals surface area contributed by atoms with Crippen LogP contribution in [0.3, 0.4) is 0 Å². The third-order valence-corrected chi connectivity index (χ3v) is 4.13. The van der Waals surface area contributed by atoms with Crippen molar-refractivity contribution < 1.29 is 0 Å². The van der Waals surface area contributed by atoms with E-state index >= 15 is 0 Å². The summed E-state index contributed by atoms with van der Waals surface area (Å²) in [5, 5.41) is 4.21. The molecule has 120 valence electrons. The lowest BCUT2D eigenvalue weighted by Gasteiger charge is -2.09. The molecule has 2 heterocycles. The van der Waals surface area contributed by atoms with Gasteiger partial charge in [0, 0.05) is 17.6 Å². The number of hydrogen-bond acceptors (Lipinski definition) is 4. The Labute approximate surface area is 138 Å². The third-order valence-electron chi connectivity index (χ3n) is 4.13. The molecule has 2 aromatic heterocycles. The van der Waals surface area contributed by atoms with Crippen molar-refractivity contribution in [1.29, 1.82) is 0 Å². The predicted molar refractivity (Wildman–Crippen MR) is 95.8 cm³/mol. The summed E-state index contributed by atoms with van der Waals surface area (Å²) in [5.41, 5.74) is 4.48. The second-order valence-electron chi connectivity index (χ2n) is 5.78. The molecule has 0 fully saturated rings. The van der Waals surface area contributed by atoms with Crippen molar-refractivity contribution in [2.75, 3.05) is 5.32 Å². The van der Waals surface area contributed by atoms with Gasteiger partial charge in [-0.25, -0.2) is 14.8 Å². The molecule has 6 heteroatoms. The molecule has 2 N–H and O–H groups in total. The molecule has 0 atom stereocenters. The van der Waals surface area contributed by atoms with Crippen molar-refractivity contribution in [2.45, 2.75) is 20.4 Å². The number of fused-ring (bicyclic) bond motifs is 2. The van der Waals surface area contributed by atoms with Crippen LogP contribution in [0.15, 0.2) is 47.5 Å². The van der Waals surface area contributed by atoms with Crippen molar-refractivity contribution in [1.82, 2.24) is 19.5 Å². The van der Waals surface area contributed by atoms with Crippen molar-refractivity contribution in [2.24, 2.45) is 0 Å². The molecule has 0 saturated carbocycles. The first-order chi connectivity index (χ1) is 11.7. The summed E-state index contributed by atoms with van der Waals surface area (Å²) in [6, 6.07) is 11.9. The Hall–Kier alpha value is -3.15. The van der Waals surface area contributed by atoms with Gasteiger partial charge in [-0.05, 0) is 43.7 Å². The van der Waals surface area contributed by atoms with Crippen LogP contribution >= 0.6 is 0 Å². The van der Waals surface area contributed by atoms with E-state index in [2.05, 4.69) is 26.3 Å². The zero-order valence-electron chi connectivity index (χ0n) is 13.5. The fourth-order valence-electron chi connectivity index (χ4n) is 2.98. The average molecular weight is 319 g/mol.